The minimum absolute atomic E-state index is 0.179. The summed E-state index contributed by atoms with van der Waals surface area (Å²) in [6.07, 6.45) is -1.44. The molecule has 41 heavy (non-hydrogen) atoms. The summed E-state index contributed by atoms with van der Waals surface area (Å²) in [6.45, 7) is 11.0. The van der Waals surface area contributed by atoms with Crippen LogP contribution in [0.15, 0.2) is 54.6 Å². The van der Waals surface area contributed by atoms with Crippen molar-refractivity contribution < 1.29 is 24.3 Å². The van der Waals surface area contributed by atoms with Gasteiger partial charge in [-0.15, -0.1) is 11.8 Å². The van der Waals surface area contributed by atoms with Gasteiger partial charge in [-0.3, -0.25) is 19.2 Å². The lowest BCUT2D eigenvalue weighted by Crippen LogP contribution is -2.60. The third kappa shape index (κ3) is 8.33. The summed E-state index contributed by atoms with van der Waals surface area (Å²) in [5.41, 5.74) is 2.84. The van der Waals surface area contributed by atoms with Gasteiger partial charge in [0.25, 0.3) is 5.91 Å². The Hall–Kier alpha value is -3.37. The Morgan fingerprint density at radius 1 is 1.02 bits per heavy atom. The topological polar surface area (TPSA) is 128 Å². The molecule has 4 N–H and O–H groups in total. The van der Waals surface area contributed by atoms with Crippen LogP contribution in [0.3, 0.4) is 0 Å². The van der Waals surface area contributed by atoms with E-state index in [2.05, 4.69) is 16.0 Å². The van der Waals surface area contributed by atoms with Crippen LogP contribution < -0.4 is 16.0 Å². The number of rotatable bonds is 11. The van der Waals surface area contributed by atoms with Crippen molar-refractivity contribution in [2.24, 2.45) is 5.92 Å². The number of benzene rings is 2. The summed E-state index contributed by atoms with van der Waals surface area (Å²) in [5, 5.41) is 19.9. The maximum Gasteiger partial charge on any atom is 0.254 e. The minimum atomic E-state index is -1.62. The zero-order chi connectivity index (χ0) is 30.3. The third-order valence-electron chi connectivity index (χ3n) is 7.36. The molecule has 0 bridgehead atoms. The van der Waals surface area contributed by atoms with Crippen LogP contribution in [0.25, 0.3) is 0 Å². The number of hydrogen-bond donors (Lipinski definition) is 4. The van der Waals surface area contributed by atoms with E-state index in [0.717, 1.165) is 16.7 Å². The largest absolute Gasteiger partial charge is 0.381 e. The minimum Gasteiger partial charge on any atom is -0.381 e. The first-order chi connectivity index (χ1) is 19.3. The fourth-order valence-corrected chi connectivity index (χ4v) is 6.12. The maximum absolute atomic E-state index is 13.8. The number of nitrogens with one attached hydrogen (secondary N) is 3. The Balaban J connectivity index is 1.83. The second-order valence-electron chi connectivity index (χ2n) is 11.4. The van der Waals surface area contributed by atoms with Gasteiger partial charge >= 0.3 is 0 Å². The highest BCUT2D eigenvalue weighted by Gasteiger charge is 2.49. The van der Waals surface area contributed by atoms with E-state index in [0.29, 0.717) is 6.54 Å². The Labute approximate surface area is 246 Å². The highest BCUT2D eigenvalue weighted by Crippen LogP contribution is 2.40. The van der Waals surface area contributed by atoms with Crippen LogP contribution in [0.5, 0.6) is 0 Å². The van der Waals surface area contributed by atoms with Crippen LogP contribution in [0.1, 0.15) is 51.3 Å². The van der Waals surface area contributed by atoms with Gasteiger partial charge < -0.3 is 26.0 Å². The van der Waals surface area contributed by atoms with Gasteiger partial charge in [0.2, 0.25) is 17.7 Å². The van der Waals surface area contributed by atoms with Gasteiger partial charge in [0.15, 0.2) is 6.10 Å². The van der Waals surface area contributed by atoms with Gasteiger partial charge in [-0.05, 0) is 49.8 Å². The monoisotopic (exact) mass is 582 g/mol. The summed E-state index contributed by atoms with van der Waals surface area (Å²) >= 11 is 1.46. The molecule has 4 atom stereocenters. The highest BCUT2D eigenvalue weighted by molar-refractivity contribution is 8.00. The molecule has 9 nitrogen and oxygen atoms in total. The Morgan fingerprint density at radius 3 is 2.27 bits per heavy atom. The van der Waals surface area contributed by atoms with Crippen LogP contribution in [0, 0.1) is 12.8 Å². The maximum atomic E-state index is 13.8. The first-order valence-corrected chi connectivity index (χ1v) is 14.9. The normalized spacial score (nSPS) is 18.3. The van der Waals surface area contributed by atoms with Crippen molar-refractivity contribution in [3.8, 4) is 0 Å². The average molecular weight is 583 g/mol. The van der Waals surface area contributed by atoms with E-state index in [9.17, 15) is 24.3 Å². The lowest BCUT2D eigenvalue weighted by molar-refractivity contribution is -0.148. The second-order valence-corrected chi connectivity index (χ2v) is 13.0. The van der Waals surface area contributed by atoms with Gasteiger partial charge in [0.05, 0.1) is 11.9 Å². The van der Waals surface area contributed by atoms with Crippen molar-refractivity contribution >= 4 is 35.4 Å². The number of aryl methyl sites for hydroxylation is 1. The SMILES string of the molecule is CC(=O)N[C@H](C(=O)N[C@@H](Cc1ccccc1)[C@H](O)C(=O)N1CSC(C)(C)[C@H]1C(=O)NCc1ccccc1C)C(C)C. The molecule has 222 valence electrons. The van der Waals surface area contributed by atoms with Crippen molar-refractivity contribution in [2.45, 2.75) is 83.5 Å². The number of aliphatic hydroxyl groups excluding tert-OH is 1. The lowest BCUT2D eigenvalue weighted by Gasteiger charge is -2.34. The van der Waals surface area contributed by atoms with E-state index < -0.39 is 40.8 Å². The standard InChI is InChI=1S/C31H42N4O5S/c1-19(2)25(33-21(4)36)28(38)34-24(16-22-13-8-7-9-14-22)26(37)30(40)35-18-41-31(5,6)27(35)29(39)32-17-23-15-11-10-12-20(23)3/h7-15,19,24-27,37H,16-18H2,1-6H3,(H,32,39)(H,33,36)(H,34,38)/t24-,25-,26-,27+/m0/s1. The number of aliphatic hydroxyl groups is 1. The summed E-state index contributed by atoms with van der Waals surface area (Å²) in [4.78, 5) is 53.7. The predicted octanol–water partition coefficient (Wildman–Crippen LogP) is 2.54. The molecule has 0 spiro atoms. The predicted molar refractivity (Wildman–Crippen MR) is 161 cm³/mol. The summed E-state index contributed by atoms with van der Waals surface area (Å²) < 4.78 is -0.600. The van der Waals surface area contributed by atoms with Crippen LogP contribution in [0.2, 0.25) is 0 Å². The fraction of sp³-hybridized carbons (Fsp3) is 0.484. The second kappa shape index (κ2) is 14.0. The zero-order valence-electron chi connectivity index (χ0n) is 24.6. The fourth-order valence-electron chi connectivity index (χ4n) is 4.98. The molecule has 0 aromatic heterocycles. The van der Waals surface area contributed by atoms with Gasteiger partial charge in [-0.2, -0.15) is 0 Å². The summed E-state index contributed by atoms with van der Waals surface area (Å²) in [6, 6.07) is 14.3. The van der Waals surface area contributed by atoms with Crippen molar-refractivity contribution in [1.29, 1.82) is 0 Å². The smallest absolute Gasteiger partial charge is 0.254 e. The van der Waals surface area contributed by atoms with Crippen LogP contribution >= 0.6 is 11.8 Å². The molecule has 1 saturated heterocycles. The average Bonchev–Trinajstić information content (AvgIpc) is 3.24. The number of nitrogens with zero attached hydrogens (tertiary/aromatic N) is 1. The van der Waals surface area contributed by atoms with Gasteiger partial charge in [-0.25, -0.2) is 0 Å². The Kier molecular flexibility index (Phi) is 11.0. The number of carbonyl (C=O) groups excluding carboxylic acids is 4. The van der Waals surface area contributed by atoms with Crippen molar-refractivity contribution in [2.75, 3.05) is 5.88 Å². The van der Waals surface area contributed by atoms with E-state index in [4.69, 9.17) is 0 Å². The number of hydrogen-bond acceptors (Lipinski definition) is 6. The summed E-state index contributed by atoms with van der Waals surface area (Å²) in [7, 11) is 0. The van der Waals surface area contributed by atoms with Gasteiger partial charge in [0, 0.05) is 18.2 Å². The van der Waals surface area contributed by atoms with Crippen molar-refractivity contribution in [3.63, 3.8) is 0 Å². The van der Waals surface area contributed by atoms with Gasteiger partial charge in [-0.1, -0.05) is 68.4 Å². The van der Waals surface area contributed by atoms with Crippen LogP contribution in [0.4, 0.5) is 0 Å². The van der Waals surface area contributed by atoms with Crippen LogP contribution in [-0.4, -0.2) is 68.5 Å². The molecule has 2 aromatic carbocycles. The Bertz CT molecular complexity index is 1240. The molecule has 1 fully saturated rings. The highest BCUT2D eigenvalue weighted by atomic mass is 32.2. The molecule has 0 unspecified atom stereocenters. The van der Waals surface area contributed by atoms with E-state index >= 15 is 0 Å². The molecular formula is C31H42N4O5S. The number of thioether (sulfide) groups is 1. The molecule has 1 aliphatic heterocycles. The molecule has 0 radical (unpaired) electrons. The van der Waals surface area contributed by atoms with Crippen LogP contribution in [-0.2, 0) is 32.1 Å². The van der Waals surface area contributed by atoms with E-state index in [1.54, 1.807) is 13.8 Å². The molecule has 0 saturated carbocycles. The summed E-state index contributed by atoms with van der Waals surface area (Å²) in [5.74, 6) is -1.80. The number of carbonyl (C=O) groups is 4. The molecule has 1 heterocycles. The number of amides is 4. The molecule has 2 aromatic rings. The zero-order valence-corrected chi connectivity index (χ0v) is 25.5. The molecule has 3 rings (SSSR count). The first-order valence-electron chi connectivity index (χ1n) is 13.9. The van der Waals surface area contributed by atoms with Crippen molar-refractivity contribution in [1.82, 2.24) is 20.9 Å². The van der Waals surface area contributed by atoms with Gasteiger partial charge in [0.1, 0.15) is 12.1 Å². The lowest BCUT2D eigenvalue weighted by atomic mass is 9.96. The molecule has 1 aliphatic rings. The Morgan fingerprint density at radius 2 is 1.66 bits per heavy atom. The van der Waals surface area contributed by atoms with E-state index in [1.807, 2.05) is 75.4 Å². The molecule has 4 amide bonds. The third-order valence-corrected chi connectivity index (χ3v) is 8.73. The van der Waals surface area contributed by atoms with E-state index in [1.165, 1.54) is 23.6 Å². The van der Waals surface area contributed by atoms with E-state index in [-0.39, 0.29) is 30.0 Å². The van der Waals surface area contributed by atoms with Crippen molar-refractivity contribution in [3.05, 3.63) is 71.3 Å². The molecular weight excluding hydrogens is 540 g/mol. The quantitative estimate of drug-likeness (QED) is 0.323. The molecule has 10 heteroatoms. The molecule has 0 aliphatic carbocycles. The first kappa shape index (κ1) is 32.1.